The number of halogens is 8. The van der Waals surface area contributed by atoms with E-state index in [1.165, 1.54) is 18.3 Å². The second kappa shape index (κ2) is 10.1. The molecule has 0 fully saturated rings. The van der Waals surface area contributed by atoms with Crippen LogP contribution < -0.4 is 5.32 Å². The first-order valence-electron chi connectivity index (χ1n) is 11.7. The molecule has 0 aliphatic carbocycles. The average Bonchev–Trinajstić information content (AvgIpc) is 3.34. The van der Waals surface area contributed by atoms with Crippen molar-refractivity contribution in [1.29, 1.82) is 0 Å². The molecule has 0 bridgehead atoms. The zero-order valence-corrected chi connectivity index (χ0v) is 21.2. The van der Waals surface area contributed by atoms with Gasteiger partial charge in [0.15, 0.2) is 17.5 Å². The van der Waals surface area contributed by atoms with E-state index in [0.717, 1.165) is 19.1 Å². The van der Waals surface area contributed by atoms with Crippen LogP contribution in [-0.2, 0) is 18.1 Å². The fourth-order valence-corrected chi connectivity index (χ4v) is 4.67. The maximum absolute atomic E-state index is 14.9. The molecule has 0 amide bonds. The van der Waals surface area contributed by atoms with Crippen LogP contribution in [0, 0.1) is 30.2 Å². The van der Waals surface area contributed by atoms with E-state index in [9.17, 15) is 30.7 Å². The average molecular weight is 579 g/mol. The normalized spacial score (nSPS) is 13.4. The number of H-pyrrole nitrogens is 1. The lowest BCUT2D eigenvalue weighted by molar-refractivity contribution is -0.137. The largest absolute Gasteiger partial charge is 0.416 e. The van der Waals surface area contributed by atoms with Gasteiger partial charge in [-0.15, -0.1) is 0 Å². The van der Waals surface area contributed by atoms with Gasteiger partial charge in [-0.25, -0.2) is 22.5 Å². The molecule has 0 unspecified atom stereocenters. The van der Waals surface area contributed by atoms with Crippen LogP contribution in [0.1, 0.15) is 27.9 Å². The van der Waals surface area contributed by atoms with Crippen LogP contribution in [0.25, 0.3) is 11.0 Å². The fraction of sp³-hybridized carbons (Fsp3) is 0.143. The molecule has 0 radical (unpaired) electrons. The molecule has 40 heavy (non-hydrogen) atoms. The van der Waals surface area contributed by atoms with E-state index in [1.54, 1.807) is 30.3 Å². The number of hydrogen-bond donors (Lipinski definition) is 2. The molecule has 12 heteroatoms. The summed E-state index contributed by atoms with van der Waals surface area (Å²) in [6, 6.07) is 13.3. The molecule has 0 aliphatic heterocycles. The van der Waals surface area contributed by atoms with Crippen molar-refractivity contribution in [2.45, 2.75) is 25.1 Å². The Morgan fingerprint density at radius 2 is 1.57 bits per heavy atom. The number of fused-ring (bicyclic) bond motifs is 1. The van der Waals surface area contributed by atoms with Crippen LogP contribution in [0.4, 0.5) is 36.7 Å². The van der Waals surface area contributed by atoms with Gasteiger partial charge in [-0.2, -0.15) is 13.2 Å². The van der Waals surface area contributed by atoms with Gasteiger partial charge in [-0.3, -0.25) is 4.98 Å². The highest BCUT2D eigenvalue weighted by molar-refractivity contribution is 6.30. The van der Waals surface area contributed by atoms with E-state index in [1.807, 2.05) is 0 Å². The predicted molar refractivity (Wildman–Crippen MR) is 136 cm³/mol. The number of hydrogen-bond acceptors (Lipinski definition) is 3. The molecule has 5 rings (SSSR count). The first kappa shape index (κ1) is 27.4. The van der Waals surface area contributed by atoms with Gasteiger partial charge in [-0.1, -0.05) is 41.9 Å². The van der Waals surface area contributed by atoms with Crippen LogP contribution in [0.15, 0.2) is 66.9 Å². The molecule has 0 saturated carbocycles. The minimum absolute atomic E-state index is 0.0863. The zero-order chi connectivity index (χ0) is 28.8. The highest BCUT2D eigenvalue weighted by atomic mass is 35.5. The Labute approximate surface area is 227 Å². The molecule has 206 valence electrons. The Kier molecular flexibility index (Phi) is 6.95. The third kappa shape index (κ3) is 4.97. The van der Waals surface area contributed by atoms with Gasteiger partial charge in [0, 0.05) is 18.2 Å². The van der Waals surface area contributed by atoms with Crippen LogP contribution in [0.3, 0.4) is 0 Å². The van der Waals surface area contributed by atoms with E-state index < -0.39 is 57.1 Å². The Morgan fingerprint density at radius 3 is 2.23 bits per heavy atom. The number of aromatic amines is 1. The molecule has 0 aliphatic rings. The molecular weight excluding hydrogens is 561 g/mol. The lowest BCUT2D eigenvalue weighted by Crippen LogP contribution is -2.40. The Bertz CT molecular complexity index is 1660. The lowest BCUT2D eigenvalue weighted by Gasteiger charge is -2.35. The van der Waals surface area contributed by atoms with Crippen molar-refractivity contribution in [3.05, 3.63) is 123 Å². The highest BCUT2D eigenvalue weighted by Crippen LogP contribution is 2.40. The summed E-state index contributed by atoms with van der Waals surface area (Å²) in [4.78, 5) is 10.8. The van der Waals surface area contributed by atoms with Crippen molar-refractivity contribution in [1.82, 2.24) is 15.0 Å². The highest BCUT2D eigenvalue weighted by Gasteiger charge is 2.40. The molecule has 0 saturated heterocycles. The number of nitrogens with zero attached hydrogens (tertiary/aromatic N) is 2. The molecule has 2 heterocycles. The van der Waals surface area contributed by atoms with Crippen molar-refractivity contribution >= 4 is 28.6 Å². The number of benzene rings is 3. The predicted octanol–water partition coefficient (Wildman–Crippen LogP) is 8.09. The number of nitrogens with one attached hydrogen (secondary N) is 2. The van der Waals surface area contributed by atoms with Crippen LogP contribution in [-0.4, -0.2) is 15.0 Å². The molecule has 5 aromatic rings. The zero-order valence-electron chi connectivity index (χ0n) is 20.5. The molecule has 2 N–H and O–H groups in total. The van der Waals surface area contributed by atoms with Crippen molar-refractivity contribution in [2.24, 2.45) is 0 Å². The summed E-state index contributed by atoms with van der Waals surface area (Å²) >= 11 is 6.03. The quantitative estimate of drug-likeness (QED) is 0.158. The van der Waals surface area contributed by atoms with Crippen LogP contribution in [0.5, 0.6) is 0 Å². The van der Waals surface area contributed by atoms with E-state index in [-0.39, 0.29) is 28.6 Å². The summed E-state index contributed by atoms with van der Waals surface area (Å²) in [6.45, 7) is 1.05. The number of alkyl halides is 3. The third-order valence-electron chi connectivity index (χ3n) is 6.51. The molecule has 0 spiro atoms. The summed E-state index contributed by atoms with van der Waals surface area (Å²) in [7, 11) is 0. The number of anilines is 1. The van der Waals surface area contributed by atoms with Gasteiger partial charge >= 0.3 is 6.18 Å². The number of imidazole rings is 1. The van der Waals surface area contributed by atoms with E-state index >= 15 is 0 Å². The molecular formula is C28H18ClF7N4. The standard InChI is InChI=1S/C28H18ClF7N4/c1-14-21(31)23(33)25-24(22(14)32)38-26(39-25)40-27(12-15-5-3-2-4-6-15,20-8-7-18(29)13-37-20)16-9-17(28(34,35)36)11-19(30)10-16/h2-11,13H,12H2,1H3,(H2,38,39,40)/t27-/m1/s1. The van der Waals surface area contributed by atoms with E-state index in [2.05, 4.69) is 20.3 Å². The van der Waals surface area contributed by atoms with Crippen molar-refractivity contribution in [3.63, 3.8) is 0 Å². The second-order valence-corrected chi connectivity index (χ2v) is 9.59. The Balaban J connectivity index is 1.81. The SMILES string of the molecule is Cc1c(F)c(F)c2nc(N[C@](Cc3ccccc3)(c3cc(F)cc(C(F)(F)F)c3)c3ccc(Cl)cn3)[nH]c2c1F. The Morgan fingerprint density at radius 1 is 0.875 bits per heavy atom. The van der Waals surface area contributed by atoms with Crippen LogP contribution >= 0.6 is 11.6 Å². The third-order valence-corrected chi connectivity index (χ3v) is 6.73. The van der Waals surface area contributed by atoms with Gasteiger partial charge in [0.2, 0.25) is 5.95 Å². The first-order valence-corrected chi connectivity index (χ1v) is 12.1. The van der Waals surface area contributed by atoms with Gasteiger partial charge in [-0.05, 0) is 48.4 Å². The summed E-state index contributed by atoms with van der Waals surface area (Å²) in [6.07, 6.45) is -3.78. The first-order chi connectivity index (χ1) is 18.9. The summed E-state index contributed by atoms with van der Waals surface area (Å²) in [5.41, 5.74) is -4.35. The van der Waals surface area contributed by atoms with E-state index in [0.29, 0.717) is 11.6 Å². The molecule has 4 nitrogen and oxygen atoms in total. The fourth-order valence-electron chi connectivity index (χ4n) is 4.56. The smallest absolute Gasteiger partial charge is 0.340 e. The number of rotatable bonds is 6. The molecule has 3 aromatic carbocycles. The second-order valence-electron chi connectivity index (χ2n) is 9.16. The lowest BCUT2D eigenvalue weighted by atomic mass is 9.80. The summed E-state index contributed by atoms with van der Waals surface area (Å²) in [5.74, 6) is -5.46. The Hall–Kier alpha value is -4.12. The number of pyridine rings is 1. The topological polar surface area (TPSA) is 53.6 Å². The van der Waals surface area contributed by atoms with Crippen molar-refractivity contribution in [2.75, 3.05) is 5.32 Å². The molecule has 1 atom stereocenters. The maximum Gasteiger partial charge on any atom is 0.416 e. The van der Waals surface area contributed by atoms with E-state index in [4.69, 9.17) is 11.6 Å². The van der Waals surface area contributed by atoms with Gasteiger partial charge in [0.1, 0.15) is 22.4 Å². The molecule has 2 aromatic heterocycles. The van der Waals surface area contributed by atoms with Gasteiger partial charge in [0.05, 0.1) is 16.3 Å². The van der Waals surface area contributed by atoms with Gasteiger partial charge in [0.25, 0.3) is 0 Å². The summed E-state index contributed by atoms with van der Waals surface area (Å²) < 4.78 is 100.0. The van der Waals surface area contributed by atoms with Crippen molar-refractivity contribution in [3.8, 4) is 0 Å². The van der Waals surface area contributed by atoms with Gasteiger partial charge < -0.3 is 10.3 Å². The monoisotopic (exact) mass is 578 g/mol. The van der Waals surface area contributed by atoms with Crippen molar-refractivity contribution < 1.29 is 30.7 Å². The maximum atomic E-state index is 14.9. The summed E-state index contributed by atoms with van der Waals surface area (Å²) in [5, 5.41) is 3.13. The van der Waals surface area contributed by atoms with Crippen LogP contribution in [0.2, 0.25) is 5.02 Å². The number of aromatic nitrogens is 3. The minimum Gasteiger partial charge on any atom is -0.340 e. The minimum atomic E-state index is -4.90.